The van der Waals surface area contributed by atoms with E-state index in [1.54, 1.807) is 9.80 Å². The maximum absolute atomic E-state index is 11.7. The molecule has 2 amide bonds. The van der Waals surface area contributed by atoms with E-state index in [2.05, 4.69) is 0 Å². The quantitative estimate of drug-likeness (QED) is 0.650. The molecule has 0 bridgehead atoms. The van der Waals surface area contributed by atoms with Crippen LogP contribution >= 0.6 is 0 Å². The van der Waals surface area contributed by atoms with Crippen LogP contribution in [-0.2, 0) is 19.1 Å². The summed E-state index contributed by atoms with van der Waals surface area (Å²) in [6.45, 7) is 13.0. The summed E-state index contributed by atoms with van der Waals surface area (Å²) in [5, 5.41) is 17.7. The van der Waals surface area contributed by atoms with Crippen molar-refractivity contribution in [3.8, 4) is 0 Å². The number of carboxylic acid groups (broad SMARTS) is 2. The molecular formula is C22H34N2O8. The van der Waals surface area contributed by atoms with Gasteiger partial charge in [0.2, 0.25) is 0 Å². The first-order chi connectivity index (χ1) is 14.6. The van der Waals surface area contributed by atoms with E-state index in [1.807, 2.05) is 41.5 Å². The standard InChI is InChI=1S/2C11H17NO4/c2*1-11(2,3)16-10(15)12-4-6-7(5-12)8(6)9(13)14/h2*6-8H,4-5H2,1-3H3,(H,13,14)/t2*6-,7+,8?. The lowest BCUT2D eigenvalue weighted by Gasteiger charge is -2.25. The number of carboxylic acids is 2. The van der Waals surface area contributed by atoms with Crippen LogP contribution in [0.15, 0.2) is 0 Å². The van der Waals surface area contributed by atoms with Crippen LogP contribution in [0.1, 0.15) is 41.5 Å². The molecule has 2 unspecified atom stereocenters. The first-order valence-electron chi connectivity index (χ1n) is 11.0. The monoisotopic (exact) mass is 454 g/mol. The molecule has 32 heavy (non-hydrogen) atoms. The molecular weight excluding hydrogens is 420 g/mol. The molecule has 2 heterocycles. The number of fused-ring (bicyclic) bond motifs is 2. The Morgan fingerprint density at radius 1 is 0.625 bits per heavy atom. The maximum atomic E-state index is 11.7. The van der Waals surface area contributed by atoms with Gasteiger partial charge in [-0.15, -0.1) is 0 Å². The van der Waals surface area contributed by atoms with Crippen LogP contribution in [0.4, 0.5) is 9.59 Å². The third-order valence-electron chi connectivity index (χ3n) is 6.26. The van der Waals surface area contributed by atoms with Gasteiger partial charge in [0.05, 0.1) is 11.8 Å². The average molecular weight is 455 g/mol. The Bertz CT molecular complexity index is 709. The normalized spacial score (nSPS) is 32.2. The largest absolute Gasteiger partial charge is 0.481 e. The number of carbonyl (C=O) groups excluding carboxylic acids is 2. The van der Waals surface area contributed by atoms with Crippen molar-refractivity contribution >= 4 is 24.1 Å². The second kappa shape index (κ2) is 8.12. The van der Waals surface area contributed by atoms with Gasteiger partial charge in [-0.1, -0.05) is 0 Å². The molecule has 0 aromatic rings. The number of hydrogen-bond donors (Lipinski definition) is 2. The van der Waals surface area contributed by atoms with E-state index in [0.717, 1.165) is 0 Å². The molecule has 0 aromatic carbocycles. The number of hydrogen-bond acceptors (Lipinski definition) is 6. The highest BCUT2D eigenvalue weighted by Gasteiger charge is 2.61. The minimum Gasteiger partial charge on any atom is -0.481 e. The lowest BCUT2D eigenvalue weighted by molar-refractivity contribution is -0.140. The van der Waals surface area contributed by atoms with Gasteiger partial charge in [0.1, 0.15) is 11.2 Å². The van der Waals surface area contributed by atoms with Gasteiger partial charge in [0, 0.05) is 26.2 Å². The van der Waals surface area contributed by atoms with Crippen LogP contribution in [0, 0.1) is 35.5 Å². The van der Waals surface area contributed by atoms with E-state index >= 15 is 0 Å². The molecule has 10 heteroatoms. The van der Waals surface area contributed by atoms with Crippen molar-refractivity contribution in [1.82, 2.24) is 9.80 Å². The van der Waals surface area contributed by atoms with Gasteiger partial charge in [0.15, 0.2) is 0 Å². The maximum Gasteiger partial charge on any atom is 0.410 e. The van der Waals surface area contributed by atoms with Crippen LogP contribution < -0.4 is 0 Å². The summed E-state index contributed by atoms with van der Waals surface area (Å²) in [6, 6.07) is 0. The summed E-state index contributed by atoms with van der Waals surface area (Å²) in [4.78, 5) is 48.0. The zero-order valence-electron chi connectivity index (χ0n) is 19.5. The Labute approximate surface area is 187 Å². The molecule has 0 aromatic heterocycles. The van der Waals surface area contributed by atoms with Crippen molar-refractivity contribution in [3.05, 3.63) is 0 Å². The van der Waals surface area contributed by atoms with Crippen molar-refractivity contribution in [2.24, 2.45) is 35.5 Å². The van der Waals surface area contributed by atoms with Gasteiger partial charge in [0.25, 0.3) is 0 Å². The van der Waals surface area contributed by atoms with Crippen molar-refractivity contribution in [3.63, 3.8) is 0 Å². The summed E-state index contributed by atoms with van der Waals surface area (Å²) in [5.74, 6) is -1.37. The smallest absolute Gasteiger partial charge is 0.410 e. The highest BCUT2D eigenvalue weighted by molar-refractivity contribution is 5.77. The van der Waals surface area contributed by atoms with Gasteiger partial charge < -0.3 is 29.5 Å². The van der Waals surface area contributed by atoms with Crippen LogP contribution in [0.2, 0.25) is 0 Å². The molecule has 2 saturated heterocycles. The minimum atomic E-state index is -0.737. The number of amides is 2. The Balaban J connectivity index is 0.000000181. The van der Waals surface area contributed by atoms with E-state index in [4.69, 9.17) is 19.7 Å². The number of aliphatic carboxylic acids is 2. The van der Waals surface area contributed by atoms with E-state index in [-0.39, 0.29) is 47.7 Å². The third-order valence-corrected chi connectivity index (χ3v) is 6.26. The molecule has 6 atom stereocenters. The molecule has 2 aliphatic carbocycles. The molecule has 4 rings (SSSR count). The SMILES string of the molecule is CC(C)(C)OC(=O)N1C[C@@H]2C(C(=O)O)[C@@H]2C1.CC(C)(C)OC(=O)N1C[C@@H]2C(C(=O)O)[C@@H]2C1. The van der Waals surface area contributed by atoms with Crippen molar-refractivity contribution in [2.45, 2.75) is 52.7 Å². The zero-order chi connectivity index (χ0) is 24.2. The fourth-order valence-corrected chi connectivity index (χ4v) is 4.74. The average Bonchev–Trinajstić information content (AvgIpc) is 3.34. The Morgan fingerprint density at radius 3 is 1.06 bits per heavy atom. The first kappa shape index (κ1) is 24.1. The number of piperidine rings is 2. The minimum absolute atomic E-state index is 0.144. The summed E-state index contributed by atoms with van der Waals surface area (Å²) < 4.78 is 10.5. The van der Waals surface area contributed by atoms with Crippen molar-refractivity contribution < 1.29 is 38.9 Å². The number of nitrogens with zero attached hydrogens (tertiary/aromatic N) is 2. The number of ether oxygens (including phenoxy) is 2. The fourth-order valence-electron chi connectivity index (χ4n) is 4.74. The van der Waals surface area contributed by atoms with Crippen LogP contribution in [0.25, 0.3) is 0 Å². The summed E-state index contributed by atoms with van der Waals surface area (Å²) in [5.41, 5.74) is -0.980. The second-order valence-corrected chi connectivity index (χ2v) is 11.2. The fraction of sp³-hybridized carbons (Fsp3) is 0.818. The van der Waals surface area contributed by atoms with E-state index in [0.29, 0.717) is 26.2 Å². The van der Waals surface area contributed by atoms with Crippen LogP contribution in [0.3, 0.4) is 0 Å². The Kier molecular flexibility index (Phi) is 6.12. The number of rotatable bonds is 2. The zero-order valence-corrected chi connectivity index (χ0v) is 19.5. The van der Waals surface area contributed by atoms with Gasteiger partial charge >= 0.3 is 24.1 Å². The number of likely N-dealkylation sites (tertiary alicyclic amines) is 2. The Hall–Kier alpha value is -2.52. The summed E-state index contributed by atoms with van der Waals surface area (Å²) in [6.07, 6.45) is -0.660. The molecule has 2 aliphatic heterocycles. The topological polar surface area (TPSA) is 134 Å². The summed E-state index contributed by atoms with van der Waals surface area (Å²) >= 11 is 0. The van der Waals surface area contributed by atoms with Gasteiger partial charge in [-0.05, 0) is 65.2 Å². The second-order valence-electron chi connectivity index (χ2n) is 11.2. The van der Waals surface area contributed by atoms with Crippen LogP contribution in [0.5, 0.6) is 0 Å². The van der Waals surface area contributed by atoms with E-state index in [9.17, 15) is 19.2 Å². The molecule has 2 saturated carbocycles. The molecule has 180 valence electrons. The molecule has 0 radical (unpaired) electrons. The highest BCUT2D eigenvalue weighted by atomic mass is 16.6. The van der Waals surface area contributed by atoms with Crippen LogP contribution in [-0.4, -0.2) is 81.5 Å². The predicted octanol–water partition coefficient (Wildman–Crippen LogP) is 2.37. The molecule has 2 N–H and O–H groups in total. The van der Waals surface area contributed by atoms with Crippen molar-refractivity contribution in [2.75, 3.05) is 26.2 Å². The highest BCUT2D eigenvalue weighted by Crippen LogP contribution is 2.52. The van der Waals surface area contributed by atoms with Gasteiger partial charge in [-0.3, -0.25) is 9.59 Å². The third kappa shape index (κ3) is 5.45. The Morgan fingerprint density at radius 2 is 0.875 bits per heavy atom. The lowest BCUT2D eigenvalue weighted by Crippen LogP contribution is -2.37. The molecule has 0 spiro atoms. The van der Waals surface area contributed by atoms with Crippen molar-refractivity contribution in [1.29, 1.82) is 0 Å². The lowest BCUT2D eigenvalue weighted by atomic mass is 10.2. The van der Waals surface area contributed by atoms with E-state index < -0.39 is 23.1 Å². The predicted molar refractivity (Wildman–Crippen MR) is 112 cm³/mol. The van der Waals surface area contributed by atoms with Gasteiger partial charge in [-0.2, -0.15) is 0 Å². The molecule has 4 fully saturated rings. The molecule has 10 nitrogen and oxygen atoms in total. The number of carbonyl (C=O) groups is 4. The summed E-state index contributed by atoms with van der Waals surface area (Å²) in [7, 11) is 0. The van der Waals surface area contributed by atoms with Gasteiger partial charge in [-0.25, -0.2) is 9.59 Å². The first-order valence-corrected chi connectivity index (χ1v) is 11.0. The van der Waals surface area contributed by atoms with E-state index in [1.165, 1.54) is 0 Å². The molecule has 4 aliphatic rings.